The Morgan fingerprint density at radius 1 is 1.15 bits per heavy atom. The number of hydrogen-bond acceptors (Lipinski definition) is 6. The first-order valence-corrected chi connectivity index (χ1v) is 12.5. The van der Waals surface area contributed by atoms with E-state index >= 15 is 0 Å². The highest BCUT2D eigenvalue weighted by Gasteiger charge is 2.40. The average molecular weight is 458 g/mol. The van der Waals surface area contributed by atoms with Crippen molar-refractivity contribution in [3.63, 3.8) is 0 Å². The van der Waals surface area contributed by atoms with Crippen LogP contribution in [0.1, 0.15) is 96.6 Å². The SMILES string of the molecule is CCCCCC(=O)CCCN1c2cc3c(cc2C(C)CC1(C)C)CC(C(=O)OCC)C(=O)O3. The Hall–Kier alpha value is -2.37. The zero-order valence-corrected chi connectivity index (χ0v) is 20.9. The monoisotopic (exact) mass is 457 g/mol. The maximum atomic E-state index is 12.5. The van der Waals surface area contributed by atoms with Gasteiger partial charge < -0.3 is 14.4 Å². The predicted octanol–water partition coefficient (Wildman–Crippen LogP) is 5.35. The van der Waals surface area contributed by atoms with Gasteiger partial charge in [-0.2, -0.15) is 0 Å². The Morgan fingerprint density at radius 2 is 1.88 bits per heavy atom. The summed E-state index contributed by atoms with van der Waals surface area (Å²) in [7, 11) is 0. The molecule has 1 aromatic rings. The van der Waals surface area contributed by atoms with Crippen molar-refractivity contribution in [3.05, 3.63) is 23.3 Å². The van der Waals surface area contributed by atoms with E-state index in [2.05, 4.69) is 38.7 Å². The summed E-state index contributed by atoms with van der Waals surface area (Å²) in [6, 6.07) is 4.07. The van der Waals surface area contributed by atoms with Crippen LogP contribution in [0, 0.1) is 5.92 Å². The smallest absolute Gasteiger partial charge is 0.326 e. The van der Waals surface area contributed by atoms with Gasteiger partial charge in [0.2, 0.25) is 0 Å². The molecule has 1 aromatic carbocycles. The van der Waals surface area contributed by atoms with Crippen LogP contribution >= 0.6 is 0 Å². The molecule has 0 radical (unpaired) electrons. The lowest BCUT2D eigenvalue weighted by Crippen LogP contribution is -2.49. The Balaban J connectivity index is 1.79. The molecule has 0 bridgehead atoms. The fraction of sp³-hybridized carbons (Fsp3) is 0.667. The topological polar surface area (TPSA) is 72.9 Å². The molecular formula is C27H39NO5. The van der Waals surface area contributed by atoms with Gasteiger partial charge in [0.15, 0.2) is 5.92 Å². The summed E-state index contributed by atoms with van der Waals surface area (Å²) in [6.07, 6.45) is 6.60. The second-order valence-corrected chi connectivity index (χ2v) is 10.1. The fourth-order valence-electron chi connectivity index (χ4n) is 5.27. The van der Waals surface area contributed by atoms with Crippen molar-refractivity contribution < 1.29 is 23.9 Å². The Kier molecular flexibility index (Phi) is 8.19. The van der Waals surface area contributed by atoms with E-state index in [0.717, 1.165) is 49.9 Å². The number of carbonyl (C=O) groups is 3. The van der Waals surface area contributed by atoms with Gasteiger partial charge in [0.1, 0.15) is 11.5 Å². The van der Waals surface area contributed by atoms with E-state index in [4.69, 9.17) is 9.47 Å². The van der Waals surface area contributed by atoms with Crippen LogP contribution in [0.5, 0.6) is 5.75 Å². The third kappa shape index (κ3) is 5.77. The van der Waals surface area contributed by atoms with Gasteiger partial charge in [0.05, 0.1) is 6.61 Å². The highest BCUT2D eigenvalue weighted by Crippen LogP contribution is 2.47. The molecule has 0 saturated carbocycles. The van der Waals surface area contributed by atoms with Crippen molar-refractivity contribution >= 4 is 23.4 Å². The molecular weight excluding hydrogens is 418 g/mol. The second kappa shape index (κ2) is 10.7. The standard InChI is InChI=1S/C27H39NO5/c1-6-8-9-11-20(29)12-10-13-28-23-16-24-19(14-21(23)18(3)17-27(28,4)5)15-22(26(31)33-24)25(30)32-7-2/h14,16,18,22H,6-13,15,17H2,1-5H3. The summed E-state index contributed by atoms with van der Waals surface area (Å²) in [6.45, 7) is 11.6. The van der Waals surface area contributed by atoms with E-state index in [1.807, 2.05) is 6.07 Å². The molecule has 0 N–H and O–H groups in total. The number of carbonyl (C=O) groups excluding carboxylic acids is 3. The van der Waals surface area contributed by atoms with Crippen LogP contribution in [-0.2, 0) is 25.5 Å². The maximum Gasteiger partial charge on any atom is 0.326 e. The number of esters is 2. The van der Waals surface area contributed by atoms with Gasteiger partial charge in [-0.25, -0.2) is 0 Å². The van der Waals surface area contributed by atoms with Crippen molar-refractivity contribution in [2.24, 2.45) is 5.92 Å². The minimum atomic E-state index is -0.902. The first kappa shape index (κ1) is 25.3. The summed E-state index contributed by atoms with van der Waals surface area (Å²) in [4.78, 5) is 39.3. The lowest BCUT2D eigenvalue weighted by atomic mass is 9.78. The number of hydrogen-bond donors (Lipinski definition) is 0. The summed E-state index contributed by atoms with van der Waals surface area (Å²) >= 11 is 0. The zero-order chi connectivity index (χ0) is 24.2. The molecule has 3 rings (SSSR count). The van der Waals surface area contributed by atoms with E-state index in [9.17, 15) is 14.4 Å². The van der Waals surface area contributed by atoms with Crippen LogP contribution < -0.4 is 9.64 Å². The van der Waals surface area contributed by atoms with Gasteiger partial charge in [-0.05, 0) is 63.1 Å². The molecule has 0 spiro atoms. The molecule has 0 aliphatic carbocycles. The number of anilines is 1. The number of unbranched alkanes of at least 4 members (excludes halogenated alkanes) is 2. The molecule has 2 aliphatic rings. The van der Waals surface area contributed by atoms with E-state index in [-0.39, 0.29) is 12.1 Å². The van der Waals surface area contributed by atoms with Crippen LogP contribution in [-0.4, -0.2) is 36.4 Å². The van der Waals surface area contributed by atoms with E-state index < -0.39 is 17.9 Å². The van der Waals surface area contributed by atoms with Gasteiger partial charge in [0.25, 0.3) is 0 Å². The summed E-state index contributed by atoms with van der Waals surface area (Å²) in [5.74, 6) is -0.758. The van der Waals surface area contributed by atoms with E-state index in [1.165, 1.54) is 5.56 Å². The number of Topliss-reactive ketones (excluding diaryl/α,β-unsaturated/α-hetero) is 1. The number of ketones is 1. The van der Waals surface area contributed by atoms with Crippen LogP contribution in [0.4, 0.5) is 5.69 Å². The van der Waals surface area contributed by atoms with Gasteiger partial charge in [-0.3, -0.25) is 14.4 Å². The molecule has 2 atom stereocenters. The van der Waals surface area contributed by atoms with E-state index in [0.29, 0.717) is 36.7 Å². The van der Waals surface area contributed by atoms with Crippen LogP contribution in [0.3, 0.4) is 0 Å². The van der Waals surface area contributed by atoms with Gasteiger partial charge in [0, 0.05) is 43.1 Å². The fourth-order valence-corrected chi connectivity index (χ4v) is 5.27. The van der Waals surface area contributed by atoms with Crippen LogP contribution in [0.25, 0.3) is 0 Å². The average Bonchev–Trinajstić information content (AvgIpc) is 2.74. The highest BCUT2D eigenvalue weighted by molar-refractivity contribution is 5.97. The normalized spacial score (nSPS) is 21.1. The number of nitrogens with zero attached hydrogens (tertiary/aromatic N) is 1. The quantitative estimate of drug-likeness (QED) is 0.204. The number of fused-ring (bicyclic) bond motifs is 2. The van der Waals surface area contributed by atoms with Gasteiger partial charge >= 0.3 is 11.9 Å². The largest absolute Gasteiger partial charge is 0.465 e. The van der Waals surface area contributed by atoms with Crippen LogP contribution in [0.15, 0.2) is 12.1 Å². The van der Waals surface area contributed by atoms with Crippen molar-refractivity contribution in [2.45, 2.75) is 97.4 Å². The van der Waals surface area contributed by atoms with Crippen LogP contribution in [0.2, 0.25) is 0 Å². The Labute approximate surface area is 198 Å². The number of rotatable bonds is 10. The lowest BCUT2D eigenvalue weighted by Gasteiger charge is -2.48. The molecule has 182 valence electrons. The molecule has 0 saturated heterocycles. The number of ether oxygens (including phenoxy) is 2. The third-order valence-corrected chi connectivity index (χ3v) is 6.95. The molecule has 0 amide bonds. The molecule has 2 aliphatic heterocycles. The first-order chi connectivity index (χ1) is 15.7. The van der Waals surface area contributed by atoms with Crippen molar-refractivity contribution in [3.8, 4) is 5.75 Å². The first-order valence-electron chi connectivity index (χ1n) is 12.5. The van der Waals surface area contributed by atoms with Crippen molar-refractivity contribution in [2.75, 3.05) is 18.1 Å². The minimum Gasteiger partial charge on any atom is -0.465 e. The second-order valence-electron chi connectivity index (χ2n) is 10.1. The van der Waals surface area contributed by atoms with Gasteiger partial charge in [-0.1, -0.05) is 26.7 Å². The van der Waals surface area contributed by atoms with Crippen molar-refractivity contribution in [1.82, 2.24) is 0 Å². The molecule has 2 heterocycles. The number of benzene rings is 1. The van der Waals surface area contributed by atoms with E-state index in [1.54, 1.807) is 6.92 Å². The van der Waals surface area contributed by atoms with Crippen molar-refractivity contribution in [1.29, 1.82) is 0 Å². The molecule has 6 nitrogen and oxygen atoms in total. The molecule has 33 heavy (non-hydrogen) atoms. The predicted molar refractivity (Wildman–Crippen MR) is 129 cm³/mol. The summed E-state index contributed by atoms with van der Waals surface area (Å²) < 4.78 is 10.7. The maximum absolute atomic E-state index is 12.5. The lowest BCUT2D eigenvalue weighted by molar-refractivity contribution is -0.157. The minimum absolute atomic E-state index is 0.0714. The molecule has 6 heteroatoms. The highest BCUT2D eigenvalue weighted by atomic mass is 16.6. The molecule has 0 fully saturated rings. The zero-order valence-electron chi connectivity index (χ0n) is 20.9. The molecule has 2 unspecified atom stereocenters. The Morgan fingerprint density at radius 3 is 2.58 bits per heavy atom. The summed E-state index contributed by atoms with van der Waals surface area (Å²) in [5.41, 5.74) is 3.09. The third-order valence-electron chi connectivity index (χ3n) is 6.95. The molecule has 0 aromatic heterocycles. The Bertz CT molecular complexity index is 891. The van der Waals surface area contributed by atoms with Gasteiger partial charge in [-0.15, -0.1) is 0 Å². The summed E-state index contributed by atoms with van der Waals surface area (Å²) in [5, 5.41) is 0.